The van der Waals surface area contributed by atoms with Gasteiger partial charge in [-0.3, -0.25) is 33.6 Å². The van der Waals surface area contributed by atoms with E-state index in [1.165, 1.54) is 26.4 Å². The number of ether oxygens (including phenoxy) is 8. The largest absolute Gasteiger partial charge is 0.497 e. The van der Waals surface area contributed by atoms with Crippen molar-refractivity contribution in [2.24, 2.45) is 17.3 Å². The summed E-state index contributed by atoms with van der Waals surface area (Å²) in [5.74, 6) is -0.813. The van der Waals surface area contributed by atoms with E-state index in [0.717, 1.165) is 81.1 Å². The van der Waals surface area contributed by atoms with Crippen LogP contribution in [-0.4, -0.2) is 176 Å². The number of aliphatic hydroxyl groups is 1. The van der Waals surface area contributed by atoms with Gasteiger partial charge in [0, 0.05) is 92.2 Å². The Hall–Kier alpha value is -11.0. The highest BCUT2D eigenvalue weighted by molar-refractivity contribution is 6.07. The molecule has 26 heteroatoms. The fraction of sp³-hybridized carbons (Fsp3) is 0.435. The lowest BCUT2D eigenvalue weighted by molar-refractivity contribution is -0.134. The van der Waals surface area contributed by atoms with Crippen molar-refractivity contribution in [3.8, 4) is 51.3 Å². The van der Waals surface area contributed by atoms with E-state index in [1.54, 1.807) is 54.2 Å². The molecule has 1 aliphatic carbocycles. The van der Waals surface area contributed by atoms with Gasteiger partial charge in [-0.25, -0.2) is 14.4 Å². The number of carbonyl (C=O) groups is 8. The number of rotatable bonds is 32. The van der Waals surface area contributed by atoms with Gasteiger partial charge in [0.25, 0.3) is 11.8 Å². The summed E-state index contributed by atoms with van der Waals surface area (Å²) in [6, 6.07) is 35.4. The highest BCUT2D eigenvalue weighted by Crippen LogP contribution is 2.57. The lowest BCUT2D eigenvalue weighted by Gasteiger charge is -2.31. The number of methoxy groups -OCH3 is 3. The Morgan fingerprint density at radius 2 is 1.39 bits per heavy atom. The lowest BCUT2D eigenvalue weighted by atomic mass is 9.89. The molecule has 111 heavy (non-hydrogen) atoms. The van der Waals surface area contributed by atoms with Crippen molar-refractivity contribution < 1.29 is 81.4 Å². The Morgan fingerprint density at radius 3 is 2.10 bits per heavy atom. The first kappa shape index (κ1) is 78.2. The van der Waals surface area contributed by atoms with Gasteiger partial charge in [0.2, 0.25) is 17.7 Å². The second-order valence-electron chi connectivity index (χ2n) is 30.0. The van der Waals surface area contributed by atoms with Crippen LogP contribution in [0.5, 0.6) is 28.7 Å². The molecule has 7 aromatic rings. The molecule has 6 heterocycles. The van der Waals surface area contributed by atoms with Gasteiger partial charge in [0.1, 0.15) is 24.7 Å². The van der Waals surface area contributed by atoms with Gasteiger partial charge in [-0.15, -0.1) is 5.10 Å². The van der Waals surface area contributed by atoms with E-state index in [9.17, 15) is 43.5 Å². The molecule has 1 spiro atoms. The maximum Gasteiger partial charge on any atom is 0.416 e. The summed E-state index contributed by atoms with van der Waals surface area (Å²) in [5.41, 5.74) is 9.80. The van der Waals surface area contributed by atoms with Crippen molar-refractivity contribution in [2.75, 3.05) is 83.9 Å². The molecule has 6 amide bonds. The third-order valence-corrected chi connectivity index (χ3v) is 21.9. The first-order valence-corrected chi connectivity index (χ1v) is 38.2. The first-order chi connectivity index (χ1) is 53.6. The second-order valence-corrected chi connectivity index (χ2v) is 30.0. The zero-order valence-corrected chi connectivity index (χ0v) is 64.1. The number of aromatic nitrogens is 3. The summed E-state index contributed by atoms with van der Waals surface area (Å²) >= 11 is 0. The number of ketones is 2. The van der Waals surface area contributed by atoms with Crippen molar-refractivity contribution in [1.82, 2.24) is 35.4 Å². The molecule has 6 aliphatic rings. The number of nitrogens with one attached hydrogen (secondary N) is 2. The van der Waals surface area contributed by atoms with Gasteiger partial charge in [0.15, 0.2) is 40.8 Å². The maximum absolute atomic E-state index is 14.5. The molecule has 0 radical (unpaired) electrons. The average molecular weight is 1520 g/mol. The van der Waals surface area contributed by atoms with Crippen LogP contribution in [0.25, 0.3) is 28.1 Å². The molecule has 1 saturated heterocycles. The lowest BCUT2D eigenvalue weighted by Crippen LogP contribution is -2.50. The van der Waals surface area contributed by atoms with Gasteiger partial charge in [0.05, 0.1) is 95.6 Å². The molecule has 1 aromatic heterocycles. The van der Waals surface area contributed by atoms with Crippen molar-refractivity contribution in [3.05, 3.63) is 166 Å². The average Bonchev–Trinajstić information content (AvgIpc) is 1.56. The number of anilines is 2. The number of amides is 6. The Kier molecular flexibility index (Phi) is 24.3. The summed E-state index contributed by atoms with van der Waals surface area (Å²) in [5, 5.41) is 26.9. The van der Waals surface area contributed by atoms with Gasteiger partial charge in [-0.1, -0.05) is 97.9 Å². The van der Waals surface area contributed by atoms with Crippen molar-refractivity contribution in [2.45, 2.75) is 149 Å². The fourth-order valence-corrected chi connectivity index (χ4v) is 15.4. The Bertz CT molecular complexity index is 4670. The fourth-order valence-electron chi connectivity index (χ4n) is 15.4. The number of benzene rings is 6. The molecule has 13 rings (SSSR count). The van der Waals surface area contributed by atoms with E-state index >= 15 is 0 Å². The summed E-state index contributed by atoms with van der Waals surface area (Å²) in [6.45, 7) is 10.5. The Balaban J connectivity index is 0.542. The molecule has 26 nitrogen and oxygen atoms in total. The standard InChI is InChI=1S/C85H97N9O17/c1-51(2)65(41-61(95)49-108-37-36-107-35-32-86-76(97)28-29-77(98)91-46-58-14-9-10-15-63(58)78-79(94(52(3)4)89-88-78)64-16-11-12-17-68(64)91)80(99)87-53(5)71(96)38-54-18-20-55(21-19-54)48-111-84(103)93-69-44-75(73(106-8)43-67(69)82(101)92-50-85(30-31-85)45-70(92)83(93)102)110-34-13-33-109-74-40-57-22-25-60-39-59(56-23-26-62(104-6)27-24-56)47-90(60)81(100)66(57)42-72(74)105-7/h9-12,14-21,23-24,26-27,40,42-44,47,51-53,60,65,70,83,102H,13,22,25,28-39,41,45-46,48-50H2,1-8H3,(H,86,97)(H,87,99)/t53-,60+,65-,70-,83-/m0/s1. The van der Waals surface area contributed by atoms with E-state index in [0.29, 0.717) is 66.2 Å². The summed E-state index contributed by atoms with van der Waals surface area (Å²) in [4.78, 5) is 117. The van der Waals surface area contributed by atoms with Crippen molar-refractivity contribution >= 4 is 64.1 Å². The summed E-state index contributed by atoms with van der Waals surface area (Å²) in [6.07, 6.45) is 4.25. The predicted octanol–water partition coefficient (Wildman–Crippen LogP) is 11.1. The predicted molar refractivity (Wildman–Crippen MR) is 412 cm³/mol. The zero-order chi connectivity index (χ0) is 78.2. The van der Waals surface area contributed by atoms with Gasteiger partial charge in [-0.2, -0.15) is 0 Å². The quantitative estimate of drug-likeness (QED) is 0.0330. The van der Waals surface area contributed by atoms with Gasteiger partial charge >= 0.3 is 6.09 Å². The molecular weight excluding hydrogens is 1420 g/mol. The van der Waals surface area contributed by atoms with Crippen LogP contribution < -0.4 is 44.1 Å². The molecule has 5 aliphatic heterocycles. The van der Waals surface area contributed by atoms with E-state index in [4.69, 9.17) is 37.9 Å². The van der Waals surface area contributed by atoms with Gasteiger partial charge < -0.3 is 68.3 Å². The first-order valence-electron chi connectivity index (χ1n) is 38.2. The number of para-hydroxylation sites is 1. The number of fused-ring (bicyclic) bond motifs is 9. The molecule has 6 aromatic carbocycles. The molecular formula is C85H97N9O17. The minimum atomic E-state index is -1.47. The third-order valence-electron chi connectivity index (χ3n) is 21.9. The molecule has 1 saturated carbocycles. The Morgan fingerprint density at radius 1 is 0.694 bits per heavy atom. The smallest absolute Gasteiger partial charge is 0.416 e. The van der Waals surface area contributed by atoms with Crippen LogP contribution in [0.1, 0.15) is 147 Å². The van der Waals surface area contributed by atoms with E-state index in [1.807, 2.05) is 122 Å². The molecule has 2 fully saturated rings. The van der Waals surface area contributed by atoms with E-state index in [2.05, 4.69) is 20.9 Å². The van der Waals surface area contributed by atoms with E-state index in [-0.39, 0.29) is 160 Å². The summed E-state index contributed by atoms with van der Waals surface area (Å²) in [7, 11) is 4.62. The number of hydrogen-bond donors (Lipinski definition) is 3. The van der Waals surface area contributed by atoms with Crippen LogP contribution in [0.3, 0.4) is 0 Å². The van der Waals surface area contributed by atoms with Crippen molar-refractivity contribution in [3.63, 3.8) is 0 Å². The number of hydrogen-bond acceptors (Lipinski definition) is 19. The SMILES string of the molecule is COc1ccc(C2=CN3C(=O)c4cc(OC)c(OCCCOc5cc6c(cc5OC)C(=O)N5CC7(CC7)C[C@H]5[C@H](O)N6C(=O)OCc5ccc(CC(=O)[C@H](C)NC(=O)[C@@H](CC(=O)COCCOCCNC(=O)CCC(=O)N6Cc7ccccc7-c7nnn(C(C)C)c7-c7ccccc76)C(C)C)cc5)cc4CC[C@@H]3C2)cc1. The molecule has 584 valence electrons. The van der Waals surface area contributed by atoms with Crippen LogP contribution >= 0.6 is 0 Å². The monoisotopic (exact) mass is 1520 g/mol. The third kappa shape index (κ3) is 17.5. The number of aliphatic hydroxyl groups excluding tert-OH is 1. The normalized spacial score (nSPS) is 17.6. The zero-order valence-electron chi connectivity index (χ0n) is 64.1. The number of aryl methyl sites for hydroxylation is 1. The highest BCUT2D eigenvalue weighted by Gasteiger charge is 2.58. The van der Waals surface area contributed by atoms with Crippen LogP contribution in [-0.2, 0) is 64.2 Å². The van der Waals surface area contributed by atoms with E-state index < -0.39 is 36.2 Å². The number of carbonyl (C=O) groups excluding carboxylic acids is 8. The minimum Gasteiger partial charge on any atom is -0.497 e. The van der Waals surface area contributed by atoms with Gasteiger partial charge in [-0.05, 0) is 140 Å². The van der Waals surface area contributed by atoms with Crippen molar-refractivity contribution in [1.29, 1.82) is 0 Å². The summed E-state index contributed by atoms with van der Waals surface area (Å²) < 4.78 is 48.6. The van der Waals surface area contributed by atoms with Crippen LogP contribution in [0.15, 0.2) is 128 Å². The minimum absolute atomic E-state index is 0.00900. The topological polar surface area (TPSA) is 298 Å². The van der Waals surface area contributed by atoms with Crippen LogP contribution in [0.4, 0.5) is 16.2 Å². The number of nitrogens with zero attached hydrogens (tertiary/aromatic N) is 7. The Labute approximate surface area is 645 Å². The second kappa shape index (κ2) is 34.5. The number of Topliss-reactive ketones (excluding diaryl/α,β-unsaturated/α-hetero) is 2. The van der Waals surface area contributed by atoms with Crippen LogP contribution in [0.2, 0.25) is 0 Å². The maximum atomic E-state index is 14.5. The highest BCUT2D eigenvalue weighted by atomic mass is 16.6. The molecule has 0 bridgehead atoms. The molecule has 5 atom stereocenters. The molecule has 0 unspecified atom stereocenters. The molecule has 3 N–H and O–H groups in total. The van der Waals surface area contributed by atoms with Crippen LogP contribution in [0, 0.1) is 17.3 Å².